The van der Waals surface area contributed by atoms with Crippen LogP contribution >= 0.6 is 0 Å². The first-order valence-electron chi connectivity index (χ1n) is 10.3. The third kappa shape index (κ3) is 9.51. The first-order chi connectivity index (χ1) is 13.6. The van der Waals surface area contributed by atoms with Crippen molar-refractivity contribution in [3.05, 3.63) is 59.3 Å². The summed E-state index contributed by atoms with van der Waals surface area (Å²) in [7, 11) is 0. The number of hydrogen-bond donors (Lipinski definition) is 0. The Hall–Kier alpha value is -1.78. The molecule has 0 radical (unpaired) electrons. The lowest BCUT2D eigenvalue weighted by Crippen LogP contribution is -2.39. The highest BCUT2D eigenvalue weighted by atomic mass is 19.1. The first-order valence-corrected chi connectivity index (χ1v) is 10.3. The second-order valence-corrected chi connectivity index (χ2v) is 8.28. The molecule has 29 heavy (non-hydrogen) atoms. The van der Waals surface area contributed by atoms with Gasteiger partial charge in [0.25, 0.3) is 0 Å². The van der Waals surface area contributed by atoms with Gasteiger partial charge in [0.15, 0.2) is 12.1 Å². The number of alkyl halides is 1. The smallest absolute Gasteiger partial charge is 0.177 e. The molecule has 2 aliphatic rings. The van der Waals surface area contributed by atoms with Gasteiger partial charge in [0.1, 0.15) is 6.67 Å². The lowest BCUT2D eigenvalue weighted by Gasteiger charge is -2.36. The largest absolute Gasteiger partial charge is 0.349 e. The highest BCUT2D eigenvalue weighted by molar-refractivity contribution is 5.96. The van der Waals surface area contributed by atoms with E-state index in [1.54, 1.807) is 19.1 Å². The molecule has 4 heteroatoms. The lowest BCUT2D eigenvalue weighted by atomic mass is 9.80. The fourth-order valence-corrected chi connectivity index (χ4v) is 3.09. The van der Waals surface area contributed by atoms with Gasteiger partial charge in [-0.1, -0.05) is 22.8 Å². The summed E-state index contributed by atoms with van der Waals surface area (Å²) in [6, 6.07) is 0. The molecule has 2 rings (SSSR count). The van der Waals surface area contributed by atoms with Gasteiger partial charge >= 0.3 is 0 Å². The minimum absolute atomic E-state index is 0.0656. The first kappa shape index (κ1) is 25.3. The topological polar surface area (TPSA) is 35.5 Å². The molecule has 1 aliphatic carbocycles. The number of ether oxygens (including phenoxy) is 2. The summed E-state index contributed by atoms with van der Waals surface area (Å²) in [5.74, 6) is -0.118. The Morgan fingerprint density at radius 3 is 2.41 bits per heavy atom. The monoisotopic (exact) mass is 404 g/mol. The van der Waals surface area contributed by atoms with Gasteiger partial charge in [-0.2, -0.15) is 0 Å². The number of ketones is 1. The van der Waals surface area contributed by atoms with Gasteiger partial charge in [0.05, 0.1) is 12.7 Å². The van der Waals surface area contributed by atoms with Crippen molar-refractivity contribution in [3.63, 3.8) is 0 Å². The molecular formula is C25H37FO3. The maximum absolute atomic E-state index is 13.2. The zero-order valence-corrected chi connectivity index (χ0v) is 18.7. The molecule has 0 saturated heterocycles. The van der Waals surface area contributed by atoms with Gasteiger partial charge < -0.3 is 9.47 Å². The summed E-state index contributed by atoms with van der Waals surface area (Å²) in [6.45, 7) is 17.6. The van der Waals surface area contributed by atoms with Crippen molar-refractivity contribution in [3.8, 4) is 0 Å². The highest BCUT2D eigenvalue weighted by Crippen LogP contribution is 2.34. The summed E-state index contributed by atoms with van der Waals surface area (Å²) in [5, 5.41) is 0. The Bertz CT molecular complexity index is 680. The van der Waals surface area contributed by atoms with Gasteiger partial charge in [-0.3, -0.25) is 4.79 Å². The minimum atomic E-state index is -0.564. The van der Waals surface area contributed by atoms with Crippen molar-refractivity contribution in [1.82, 2.24) is 0 Å². The zero-order chi connectivity index (χ0) is 22.0. The quantitative estimate of drug-likeness (QED) is 0.437. The molecule has 0 fully saturated rings. The molecule has 0 bridgehead atoms. The van der Waals surface area contributed by atoms with Crippen molar-refractivity contribution >= 4 is 5.78 Å². The minimum Gasteiger partial charge on any atom is -0.349 e. The van der Waals surface area contributed by atoms with E-state index >= 15 is 0 Å². The van der Waals surface area contributed by atoms with E-state index in [2.05, 4.69) is 40.0 Å². The maximum atomic E-state index is 13.2. The van der Waals surface area contributed by atoms with Crippen LogP contribution in [0, 0.1) is 5.92 Å². The van der Waals surface area contributed by atoms with E-state index in [9.17, 15) is 9.18 Å². The SMILES string of the molecule is C=C(C)CCC=C(C)C.C=C(C)CCOC1C=C(CF)C2CC(=O)C(C)=CC2O1. The molecule has 0 aromatic carbocycles. The van der Waals surface area contributed by atoms with Crippen LogP contribution in [-0.2, 0) is 14.3 Å². The van der Waals surface area contributed by atoms with E-state index in [-0.39, 0.29) is 17.8 Å². The zero-order valence-electron chi connectivity index (χ0n) is 18.7. The van der Waals surface area contributed by atoms with Crippen LogP contribution in [0.1, 0.15) is 60.3 Å². The van der Waals surface area contributed by atoms with Crippen LogP contribution in [0.2, 0.25) is 0 Å². The van der Waals surface area contributed by atoms with Gasteiger partial charge in [-0.25, -0.2) is 4.39 Å². The Balaban J connectivity index is 0.000000396. The summed E-state index contributed by atoms with van der Waals surface area (Å²) >= 11 is 0. The second-order valence-electron chi connectivity index (χ2n) is 8.28. The molecule has 0 amide bonds. The number of halogens is 1. The van der Waals surface area contributed by atoms with Gasteiger partial charge in [-0.05, 0) is 77.2 Å². The number of carbonyl (C=O) groups excluding carboxylic acids is 1. The molecule has 3 unspecified atom stereocenters. The van der Waals surface area contributed by atoms with E-state index in [4.69, 9.17) is 9.47 Å². The standard InChI is InChI=1S/C16H21FO3.C9H16/c1-10(2)4-5-19-16-7-12(9-17)13-8-14(18)11(3)6-15(13)20-16;1-8(2)6-5-7-9(3)4/h6-7,13,15-16H,1,4-5,8-9H2,2-3H3;7H,1,5-6H2,2-4H3. The third-order valence-electron chi connectivity index (χ3n) is 4.86. The molecule has 1 heterocycles. The molecule has 3 atom stereocenters. The van der Waals surface area contributed by atoms with E-state index in [0.29, 0.717) is 24.2 Å². The van der Waals surface area contributed by atoms with Crippen LogP contribution in [0.5, 0.6) is 0 Å². The van der Waals surface area contributed by atoms with E-state index < -0.39 is 13.0 Å². The molecule has 1 aliphatic heterocycles. The van der Waals surface area contributed by atoms with Gasteiger partial charge in [-0.15, -0.1) is 13.2 Å². The molecular weight excluding hydrogens is 367 g/mol. The van der Waals surface area contributed by atoms with Crippen LogP contribution in [-0.4, -0.2) is 31.5 Å². The Morgan fingerprint density at radius 1 is 1.21 bits per heavy atom. The Labute approximate surface area is 176 Å². The van der Waals surface area contributed by atoms with Crippen molar-refractivity contribution in [1.29, 1.82) is 0 Å². The molecule has 0 aromatic rings. The van der Waals surface area contributed by atoms with Crippen LogP contribution in [0.3, 0.4) is 0 Å². The Kier molecular flexibility index (Phi) is 11.1. The number of allylic oxidation sites excluding steroid dienone is 4. The van der Waals surface area contributed by atoms with Crippen molar-refractivity contribution in [2.75, 3.05) is 13.3 Å². The van der Waals surface area contributed by atoms with Crippen LogP contribution in [0.15, 0.2) is 59.3 Å². The average Bonchev–Trinajstić information content (AvgIpc) is 2.62. The summed E-state index contributed by atoms with van der Waals surface area (Å²) in [6.07, 6.45) is 8.24. The fraction of sp³-hybridized carbons (Fsp3) is 0.560. The number of Topliss-reactive ketones (excluding diaryl/α,β-unsaturated/α-hetero) is 1. The van der Waals surface area contributed by atoms with Crippen LogP contribution < -0.4 is 0 Å². The lowest BCUT2D eigenvalue weighted by molar-refractivity contribution is -0.153. The summed E-state index contributed by atoms with van der Waals surface area (Å²) in [5.41, 5.74) is 5.00. The molecule has 162 valence electrons. The van der Waals surface area contributed by atoms with Crippen molar-refractivity contribution < 1.29 is 18.7 Å². The number of rotatable bonds is 8. The predicted molar refractivity (Wildman–Crippen MR) is 118 cm³/mol. The number of hydrogen-bond acceptors (Lipinski definition) is 3. The molecule has 3 nitrogen and oxygen atoms in total. The molecule has 0 N–H and O–H groups in total. The van der Waals surface area contributed by atoms with Crippen LogP contribution in [0.4, 0.5) is 4.39 Å². The van der Waals surface area contributed by atoms with E-state index in [1.165, 1.54) is 11.1 Å². The predicted octanol–water partition coefficient (Wildman–Crippen LogP) is 6.43. The third-order valence-corrected chi connectivity index (χ3v) is 4.86. The fourth-order valence-electron chi connectivity index (χ4n) is 3.09. The second kappa shape index (κ2) is 12.7. The number of fused-ring (bicyclic) bond motifs is 1. The summed E-state index contributed by atoms with van der Waals surface area (Å²) in [4.78, 5) is 11.7. The van der Waals surface area contributed by atoms with Crippen LogP contribution in [0.25, 0.3) is 0 Å². The van der Waals surface area contributed by atoms with E-state index in [1.807, 2.05) is 6.92 Å². The average molecular weight is 405 g/mol. The molecule has 0 saturated carbocycles. The Morgan fingerprint density at radius 2 is 1.86 bits per heavy atom. The van der Waals surface area contributed by atoms with Crippen molar-refractivity contribution in [2.24, 2.45) is 5.92 Å². The maximum Gasteiger partial charge on any atom is 0.177 e. The van der Waals surface area contributed by atoms with Crippen molar-refractivity contribution in [2.45, 2.75) is 72.7 Å². The van der Waals surface area contributed by atoms with Gasteiger partial charge in [0.2, 0.25) is 0 Å². The van der Waals surface area contributed by atoms with E-state index in [0.717, 1.165) is 24.8 Å². The molecule has 0 aromatic heterocycles. The van der Waals surface area contributed by atoms with Gasteiger partial charge in [0, 0.05) is 12.3 Å². The highest BCUT2D eigenvalue weighted by Gasteiger charge is 2.36. The normalized spacial score (nSPS) is 23.1. The summed E-state index contributed by atoms with van der Waals surface area (Å²) < 4.78 is 24.6. The molecule has 0 spiro atoms. The number of carbonyl (C=O) groups is 1.